The van der Waals surface area contributed by atoms with E-state index in [1.54, 1.807) is 6.20 Å². The highest BCUT2D eigenvalue weighted by atomic mass is 32.2. The van der Waals surface area contributed by atoms with Crippen LogP contribution in [0.25, 0.3) is 0 Å². The van der Waals surface area contributed by atoms with E-state index >= 15 is 0 Å². The predicted molar refractivity (Wildman–Crippen MR) is 72.5 cm³/mol. The lowest BCUT2D eigenvalue weighted by atomic mass is 9.95. The van der Waals surface area contributed by atoms with E-state index in [1.807, 2.05) is 6.20 Å². The average Bonchev–Trinajstić information content (AvgIpc) is 2.77. The van der Waals surface area contributed by atoms with Crippen molar-refractivity contribution in [2.45, 2.75) is 38.1 Å². The molecule has 1 aliphatic carbocycles. The normalized spacial score (nSPS) is 17.8. The number of sulfone groups is 1. The highest BCUT2D eigenvalue weighted by molar-refractivity contribution is 7.90. The Hall–Kier alpha value is -1.04. The van der Waals surface area contributed by atoms with Crippen LogP contribution < -0.4 is 5.32 Å². The fourth-order valence-corrected chi connectivity index (χ4v) is 2.92. The van der Waals surface area contributed by atoms with Crippen LogP contribution in [0, 0.1) is 0 Å². The Bertz CT molecular complexity index is 475. The lowest BCUT2D eigenvalue weighted by Gasteiger charge is -2.24. The van der Waals surface area contributed by atoms with Crippen LogP contribution in [-0.4, -0.2) is 36.5 Å². The molecule has 2 rings (SSSR count). The molecule has 1 aromatic heterocycles. The number of rotatable bonds is 5. The first kappa shape index (κ1) is 13.4. The summed E-state index contributed by atoms with van der Waals surface area (Å²) in [7, 11) is -2.91. The van der Waals surface area contributed by atoms with E-state index in [9.17, 15) is 8.42 Å². The Morgan fingerprint density at radius 3 is 2.78 bits per heavy atom. The molecule has 0 radical (unpaired) electrons. The number of nitrogens with one attached hydrogen (secondary N) is 1. The van der Waals surface area contributed by atoms with Gasteiger partial charge in [-0.3, -0.25) is 0 Å². The molecule has 0 saturated heterocycles. The SMILES string of the molecule is CS(=O)(=O)CCNc1nccn1C1CCCCC1. The molecule has 0 amide bonds. The van der Waals surface area contributed by atoms with Crippen molar-refractivity contribution in [3.8, 4) is 0 Å². The molecule has 0 spiro atoms. The number of anilines is 1. The van der Waals surface area contributed by atoms with Gasteiger partial charge in [-0.25, -0.2) is 13.4 Å². The lowest BCUT2D eigenvalue weighted by molar-refractivity contribution is 0.356. The van der Waals surface area contributed by atoms with Gasteiger partial charge in [0.25, 0.3) is 0 Å². The third-order valence-electron chi connectivity index (χ3n) is 3.39. The van der Waals surface area contributed by atoms with Gasteiger partial charge >= 0.3 is 0 Å². The zero-order valence-electron chi connectivity index (χ0n) is 10.8. The molecule has 0 bridgehead atoms. The van der Waals surface area contributed by atoms with Gasteiger partial charge in [-0.2, -0.15) is 0 Å². The van der Waals surface area contributed by atoms with E-state index in [2.05, 4.69) is 14.9 Å². The first-order valence-electron chi connectivity index (χ1n) is 6.51. The highest BCUT2D eigenvalue weighted by Crippen LogP contribution is 2.29. The van der Waals surface area contributed by atoms with Crippen LogP contribution in [-0.2, 0) is 9.84 Å². The van der Waals surface area contributed by atoms with Crippen molar-refractivity contribution in [1.29, 1.82) is 0 Å². The Morgan fingerprint density at radius 1 is 1.39 bits per heavy atom. The van der Waals surface area contributed by atoms with E-state index in [0.29, 0.717) is 12.6 Å². The minimum absolute atomic E-state index is 0.143. The van der Waals surface area contributed by atoms with Crippen LogP contribution in [0.5, 0.6) is 0 Å². The van der Waals surface area contributed by atoms with Gasteiger partial charge in [-0.1, -0.05) is 19.3 Å². The molecule has 1 N–H and O–H groups in total. The Balaban J connectivity index is 1.94. The second kappa shape index (κ2) is 5.73. The first-order valence-corrected chi connectivity index (χ1v) is 8.57. The van der Waals surface area contributed by atoms with Crippen LogP contribution in [0.3, 0.4) is 0 Å². The molecule has 1 fully saturated rings. The van der Waals surface area contributed by atoms with Crippen molar-refractivity contribution in [2.75, 3.05) is 23.9 Å². The summed E-state index contributed by atoms with van der Waals surface area (Å²) in [6, 6.07) is 0.516. The molecule has 0 unspecified atom stereocenters. The van der Waals surface area contributed by atoms with Gasteiger partial charge in [0.05, 0.1) is 5.75 Å². The van der Waals surface area contributed by atoms with Crippen LogP contribution in [0.2, 0.25) is 0 Å². The fraction of sp³-hybridized carbons (Fsp3) is 0.750. The molecule has 102 valence electrons. The quantitative estimate of drug-likeness (QED) is 0.887. The van der Waals surface area contributed by atoms with Crippen molar-refractivity contribution in [3.63, 3.8) is 0 Å². The molecular weight excluding hydrogens is 250 g/mol. The highest BCUT2D eigenvalue weighted by Gasteiger charge is 2.17. The van der Waals surface area contributed by atoms with Gasteiger partial charge in [-0.15, -0.1) is 0 Å². The van der Waals surface area contributed by atoms with Gasteiger partial charge in [0.15, 0.2) is 0 Å². The predicted octanol–water partition coefficient (Wildman–Crippen LogP) is 1.84. The van der Waals surface area contributed by atoms with Gasteiger partial charge in [0.1, 0.15) is 9.84 Å². The molecule has 5 nitrogen and oxygen atoms in total. The maximum Gasteiger partial charge on any atom is 0.203 e. The van der Waals surface area contributed by atoms with E-state index < -0.39 is 9.84 Å². The molecule has 0 atom stereocenters. The second-order valence-corrected chi connectivity index (χ2v) is 7.27. The number of hydrogen-bond acceptors (Lipinski definition) is 4. The Kier molecular flexibility index (Phi) is 4.27. The summed E-state index contributed by atoms with van der Waals surface area (Å²) in [6.45, 7) is 0.419. The monoisotopic (exact) mass is 271 g/mol. The summed E-state index contributed by atoms with van der Waals surface area (Å²) >= 11 is 0. The van der Waals surface area contributed by atoms with E-state index in [-0.39, 0.29) is 5.75 Å². The molecule has 18 heavy (non-hydrogen) atoms. The van der Waals surface area contributed by atoms with E-state index in [1.165, 1.54) is 38.4 Å². The van der Waals surface area contributed by atoms with Crippen molar-refractivity contribution < 1.29 is 8.42 Å². The van der Waals surface area contributed by atoms with Crippen LogP contribution in [0.15, 0.2) is 12.4 Å². The minimum atomic E-state index is -2.91. The molecule has 1 saturated carbocycles. The number of nitrogens with zero attached hydrogens (tertiary/aromatic N) is 2. The topological polar surface area (TPSA) is 64.0 Å². The van der Waals surface area contributed by atoms with Crippen LogP contribution in [0.4, 0.5) is 5.95 Å². The summed E-state index contributed by atoms with van der Waals surface area (Å²) in [6.07, 6.45) is 11.3. The van der Waals surface area contributed by atoms with Gasteiger partial charge in [0, 0.05) is 31.2 Å². The summed E-state index contributed by atoms with van der Waals surface area (Å²) in [5, 5.41) is 3.12. The van der Waals surface area contributed by atoms with E-state index in [0.717, 1.165) is 5.95 Å². The maximum absolute atomic E-state index is 11.1. The minimum Gasteiger partial charge on any atom is -0.355 e. The van der Waals surface area contributed by atoms with Crippen molar-refractivity contribution >= 4 is 15.8 Å². The molecule has 0 aromatic carbocycles. The summed E-state index contributed by atoms with van der Waals surface area (Å²) in [5.74, 6) is 0.940. The largest absolute Gasteiger partial charge is 0.355 e. The van der Waals surface area contributed by atoms with Crippen molar-refractivity contribution in [2.24, 2.45) is 0 Å². The maximum atomic E-state index is 11.1. The van der Waals surface area contributed by atoms with E-state index in [4.69, 9.17) is 0 Å². The van der Waals surface area contributed by atoms with Crippen LogP contribution >= 0.6 is 0 Å². The van der Waals surface area contributed by atoms with Crippen molar-refractivity contribution in [1.82, 2.24) is 9.55 Å². The summed E-state index contributed by atoms with van der Waals surface area (Å²) in [4.78, 5) is 4.27. The Morgan fingerprint density at radius 2 is 2.11 bits per heavy atom. The average molecular weight is 271 g/mol. The number of aromatic nitrogens is 2. The number of imidazole rings is 1. The molecule has 0 aliphatic heterocycles. The smallest absolute Gasteiger partial charge is 0.203 e. The lowest BCUT2D eigenvalue weighted by Crippen LogP contribution is -2.19. The Labute approximate surface area is 109 Å². The summed E-state index contributed by atoms with van der Waals surface area (Å²) in [5.41, 5.74) is 0. The molecule has 1 aliphatic rings. The molecular formula is C12H21N3O2S. The fourth-order valence-electron chi connectivity index (χ4n) is 2.45. The van der Waals surface area contributed by atoms with Crippen molar-refractivity contribution in [3.05, 3.63) is 12.4 Å². The second-order valence-electron chi connectivity index (χ2n) is 5.01. The third kappa shape index (κ3) is 3.73. The molecule has 1 aromatic rings. The summed E-state index contributed by atoms with van der Waals surface area (Å²) < 4.78 is 24.3. The number of hydrogen-bond donors (Lipinski definition) is 1. The molecule has 6 heteroatoms. The first-order chi connectivity index (χ1) is 8.56. The zero-order valence-corrected chi connectivity index (χ0v) is 11.6. The zero-order chi connectivity index (χ0) is 13.0. The molecule has 1 heterocycles. The van der Waals surface area contributed by atoms with Gasteiger partial charge in [0.2, 0.25) is 5.95 Å². The third-order valence-corrected chi connectivity index (χ3v) is 4.34. The van der Waals surface area contributed by atoms with Crippen LogP contribution in [0.1, 0.15) is 38.1 Å². The standard InChI is InChI=1S/C12H21N3O2S/c1-18(16,17)10-8-14-12-13-7-9-15(12)11-5-3-2-4-6-11/h7,9,11H,2-6,8,10H2,1H3,(H,13,14). The van der Waals surface area contributed by atoms with Gasteiger partial charge in [-0.05, 0) is 12.8 Å². The van der Waals surface area contributed by atoms with Gasteiger partial charge < -0.3 is 9.88 Å².